The maximum Gasteiger partial charge on any atom is 0.326 e. The average molecular weight is 525 g/mol. The van der Waals surface area contributed by atoms with Gasteiger partial charge >= 0.3 is 7.60 Å². The highest BCUT2D eigenvalue weighted by Gasteiger charge is 2.21. The van der Waals surface area contributed by atoms with E-state index in [2.05, 4.69) is 13.8 Å². The van der Waals surface area contributed by atoms with Crippen LogP contribution in [0.2, 0.25) is 0 Å². The van der Waals surface area contributed by atoms with Crippen LogP contribution in [0.3, 0.4) is 0 Å². The predicted molar refractivity (Wildman–Crippen MR) is 154 cm³/mol. The fourth-order valence-corrected chi connectivity index (χ4v) is 8.34. The second-order valence-electron chi connectivity index (χ2n) is 9.78. The van der Waals surface area contributed by atoms with Gasteiger partial charge in [-0.05, 0) is 24.3 Å². The van der Waals surface area contributed by atoms with Crippen molar-refractivity contribution in [3.63, 3.8) is 0 Å². The van der Waals surface area contributed by atoms with Crippen molar-refractivity contribution in [1.29, 1.82) is 0 Å². The summed E-state index contributed by atoms with van der Waals surface area (Å²) < 4.78 is 11.5. The van der Waals surface area contributed by atoms with Crippen LogP contribution in [-0.2, 0) is 4.57 Å². The van der Waals surface area contributed by atoms with E-state index in [-0.39, 0.29) is 11.4 Å². The molecule has 0 bridgehead atoms. The van der Waals surface area contributed by atoms with Crippen molar-refractivity contribution in [2.75, 3.05) is 23.4 Å². The monoisotopic (exact) mass is 524 g/mol. The lowest BCUT2D eigenvalue weighted by Crippen LogP contribution is -2.14. The van der Waals surface area contributed by atoms with Gasteiger partial charge in [0.15, 0.2) is 0 Å². The van der Waals surface area contributed by atoms with Gasteiger partial charge in [0.25, 0.3) is 0 Å². The Morgan fingerprint density at radius 3 is 1.33 bits per heavy atom. The summed E-state index contributed by atoms with van der Waals surface area (Å²) in [6.07, 6.45) is 27.0. The van der Waals surface area contributed by atoms with Crippen LogP contribution in [0.25, 0.3) is 0 Å². The van der Waals surface area contributed by atoms with E-state index in [4.69, 9.17) is 0 Å². The number of rotatable bonds is 27. The zero-order chi connectivity index (χ0) is 24.5. The van der Waals surface area contributed by atoms with Gasteiger partial charge in [-0.1, -0.05) is 129 Å². The predicted octanol–water partition coefficient (Wildman–Crippen LogP) is 9.84. The molecule has 0 fully saturated rings. The summed E-state index contributed by atoms with van der Waals surface area (Å²) in [6.45, 7) is 4.53. The Kier molecular flexibility index (Phi) is 26.6. The van der Waals surface area contributed by atoms with Crippen molar-refractivity contribution >= 4 is 31.1 Å². The fourth-order valence-electron chi connectivity index (χ4n) is 4.16. The van der Waals surface area contributed by atoms with Crippen LogP contribution in [0, 0.1) is 0 Å². The van der Waals surface area contributed by atoms with E-state index in [0.717, 1.165) is 17.3 Å². The van der Waals surface area contributed by atoms with Crippen LogP contribution in [0.5, 0.6) is 0 Å². The molecule has 33 heavy (non-hydrogen) atoms. The van der Waals surface area contributed by atoms with Crippen LogP contribution >= 0.6 is 31.1 Å². The molecule has 0 aromatic carbocycles. The van der Waals surface area contributed by atoms with Crippen molar-refractivity contribution in [2.45, 2.75) is 148 Å². The third-order valence-corrected chi connectivity index (χ3v) is 10.2. The molecular formula is C27H57O3PS2. The summed E-state index contributed by atoms with van der Waals surface area (Å²) in [5, 5.41) is 0.0951. The largest absolute Gasteiger partial charge is 0.326 e. The molecule has 200 valence electrons. The number of thioether (sulfide) groups is 2. The van der Waals surface area contributed by atoms with Gasteiger partial charge in [0, 0.05) is 11.0 Å². The van der Waals surface area contributed by atoms with Crippen LogP contribution in [0.15, 0.2) is 0 Å². The molecule has 0 aromatic heterocycles. The maximum atomic E-state index is 11.5. The van der Waals surface area contributed by atoms with Crippen LogP contribution in [-0.4, -0.2) is 38.5 Å². The summed E-state index contributed by atoms with van der Waals surface area (Å²) in [6, 6.07) is 0. The first-order valence-electron chi connectivity index (χ1n) is 14.2. The summed E-state index contributed by atoms with van der Waals surface area (Å²) in [4.78, 5) is 18.9. The SMILES string of the molecule is CCCCCCCCCCCCCCSCC(CP(=O)(O)O)SCCCCCCCCCC. The molecule has 0 saturated carbocycles. The first kappa shape index (κ1) is 33.8. The van der Waals surface area contributed by atoms with Crippen LogP contribution < -0.4 is 0 Å². The van der Waals surface area contributed by atoms with E-state index in [1.54, 1.807) is 11.8 Å². The van der Waals surface area contributed by atoms with Gasteiger partial charge in [0.1, 0.15) is 0 Å². The van der Waals surface area contributed by atoms with Crippen molar-refractivity contribution in [3.8, 4) is 0 Å². The van der Waals surface area contributed by atoms with Gasteiger partial charge in [-0.25, -0.2) is 0 Å². The summed E-state index contributed by atoms with van der Waals surface area (Å²) in [5.74, 6) is 3.05. The summed E-state index contributed by atoms with van der Waals surface area (Å²) in [5.41, 5.74) is 0. The number of hydrogen-bond donors (Lipinski definition) is 2. The van der Waals surface area contributed by atoms with E-state index in [9.17, 15) is 14.4 Å². The van der Waals surface area contributed by atoms with E-state index in [1.807, 2.05) is 11.8 Å². The van der Waals surface area contributed by atoms with E-state index in [1.165, 1.54) is 128 Å². The van der Waals surface area contributed by atoms with Gasteiger partial charge in [-0.15, -0.1) is 0 Å². The highest BCUT2D eigenvalue weighted by molar-refractivity contribution is 8.03. The molecular weight excluding hydrogens is 467 g/mol. The maximum absolute atomic E-state index is 11.5. The second kappa shape index (κ2) is 25.9. The molecule has 0 aliphatic rings. The molecule has 0 spiro atoms. The smallest absolute Gasteiger partial charge is 0.324 e. The van der Waals surface area contributed by atoms with Crippen molar-refractivity contribution in [1.82, 2.24) is 0 Å². The minimum Gasteiger partial charge on any atom is -0.324 e. The Morgan fingerprint density at radius 2 is 0.939 bits per heavy atom. The Hall–Kier alpha value is 0.850. The Balaban J connectivity index is 3.63. The van der Waals surface area contributed by atoms with E-state index in [0.29, 0.717) is 0 Å². The molecule has 0 rings (SSSR count). The molecule has 0 saturated heterocycles. The fraction of sp³-hybridized carbons (Fsp3) is 1.00. The molecule has 6 heteroatoms. The van der Waals surface area contributed by atoms with Crippen molar-refractivity contribution < 1.29 is 14.4 Å². The minimum atomic E-state index is -3.92. The third kappa shape index (κ3) is 29.0. The average Bonchev–Trinajstić information content (AvgIpc) is 2.77. The topological polar surface area (TPSA) is 57.5 Å². The van der Waals surface area contributed by atoms with Crippen molar-refractivity contribution in [3.05, 3.63) is 0 Å². The molecule has 0 heterocycles. The molecule has 0 radical (unpaired) electrons. The first-order valence-corrected chi connectivity index (χ1v) is 18.2. The third-order valence-electron chi connectivity index (χ3n) is 6.24. The lowest BCUT2D eigenvalue weighted by Gasteiger charge is -2.17. The van der Waals surface area contributed by atoms with Crippen molar-refractivity contribution in [2.24, 2.45) is 0 Å². The van der Waals surface area contributed by atoms with Gasteiger partial charge in [-0.3, -0.25) is 4.57 Å². The molecule has 0 aliphatic heterocycles. The summed E-state index contributed by atoms with van der Waals surface area (Å²) in [7, 11) is -3.92. The quantitative estimate of drug-likeness (QED) is 0.0827. The minimum absolute atomic E-state index is 0.0418. The lowest BCUT2D eigenvalue weighted by atomic mass is 10.1. The van der Waals surface area contributed by atoms with E-state index < -0.39 is 7.60 Å². The Morgan fingerprint density at radius 1 is 0.576 bits per heavy atom. The molecule has 0 amide bonds. The normalized spacial score (nSPS) is 13.0. The molecule has 1 unspecified atom stereocenters. The van der Waals surface area contributed by atoms with Gasteiger partial charge < -0.3 is 9.79 Å². The first-order chi connectivity index (χ1) is 16.0. The molecule has 0 aromatic rings. The molecule has 2 N–H and O–H groups in total. The number of hydrogen-bond acceptors (Lipinski definition) is 3. The Labute approximate surface area is 216 Å². The molecule has 3 nitrogen and oxygen atoms in total. The van der Waals surface area contributed by atoms with Crippen LogP contribution in [0.4, 0.5) is 0 Å². The van der Waals surface area contributed by atoms with Crippen LogP contribution in [0.1, 0.15) is 142 Å². The van der Waals surface area contributed by atoms with Gasteiger partial charge in [0.05, 0.1) is 6.16 Å². The Bertz CT molecular complexity index is 432. The zero-order valence-corrected chi connectivity index (χ0v) is 24.6. The van der Waals surface area contributed by atoms with Gasteiger partial charge in [0.2, 0.25) is 0 Å². The lowest BCUT2D eigenvalue weighted by molar-refractivity contribution is 0.373. The van der Waals surface area contributed by atoms with Gasteiger partial charge in [-0.2, -0.15) is 23.5 Å². The second-order valence-corrected chi connectivity index (χ2v) is 14.0. The highest BCUT2D eigenvalue weighted by atomic mass is 32.2. The highest BCUT2D eigenvalue weighted by Crippen LogP contribution is 2.39. The van der Waals surface area contributed by atoms with E-state index >= 15 is 0 Å². The molecule has 1 atom stereocenters. The standard InChI is InChI=1S/C27H57O3PS2/c1-3-5-7-9-11-13-14-15-16-17-19-21-23-32-26-27(25-31(28,29)30)33-24-22-20-18-12-10-8-6-4-2/h27H,3-26H2,1-2H3,(H2,28,29,30). The number of unbranched alkanes of at least 4 members (excludes halogenated alkanes) is 18. The molecule has 0 aliphatic carbocycles. The summed E-state index contributed by atoms with van der Waals surface area (Å²) >= 11 is 3.69. The zero-order valence-electron chi connectivity index (χ0n) is 22.1.